The van der Waals surface area contributed by atoms with Crippen LogP contribution in [0.3, 0.4) is 0 Å². The van der Waals surface area contributed by atoms with Crippen LogP contribution in [0.15, 0.2) is 42.5 Å². The fourth-order valence-electron chi connectivity index (χ4n) is 2.82. The van der Waals surface area contributed by atoms with Crippen LogP contribution in [0.25, 0.3) is 0 Å². The van der Waals surface area contributed by atoms with Crippen molar-refractivity contribution in [2.24, 2.45) is 0 Å². The van der Waals surface area contributed by atoms with Gasteiger partial charge in [0, 0.05) is 5.56 Å². The molecule has 130 valence electrons. The Balaban J connectivity index is 1.89. The third-order valence-corrected chi connectivity index (χ3v) is 4.24. The first-order valence-corrected chi connectivity index (χ1v) is 7.57. The summed E-state index contributed by atoms with van der Waals surface area (Å²) in [5.41, 5.74) is -1.16. The third kappa shape index (κ3) is 2.93. The van der Waals surface area contributed by atoms with Gasteiger partial charge in [-0.15, -0.1) is 0 Å². The van der Waals surface area contributed by atoms with E-state index < -0.39 is 29.1 Å². The SMILES string of the molecule is COc1ccc(CN2C(=O)NC(C)(c3cc(F)ccc3F)C2=O)cc1. The average molecular weight is 346 g/mol. The number of carbonyl (C=O) groups excluding carboxylic acids is 2. The van der Waals surface area contributed by atoms with Crippen molar-refractivity contribution in [3.63, 3.8) is 0 Å². The molecule has 0 bridgehead atoms. The number of ether oxygens (including phenoxy) is 1. The highest BCUT2D eigenvalue weighted by atomic mass is 19.1. The van der Waals surface area contributed by atoms with Crippen molar-refractivity contribution < 1.29 is 23.1 Å². The van der Waals surface area contributed by atoms with Crippen LogP contribution in [0.2, 0.25) is 0 Å². The molecule has 0 spiro atoms. The molecule has 7 heteroatoms. The summed E-state index contributed by atoms with van der Waals surface area (Å²) in [6.07, 6.45) is 0. The number of imide groups is 1. The first kappa shape index (κ1) is 16.9. The Labute approximate surface area is 143 Å². The molecule has 1 aliphatic heterocycles. The topological polar surface area (TPSA) is 58.6 Å². The molecular weight excluding hydrogens is 330 g/mol. The molecule has 1 heterocycles. The summed E-state index contributed by atoms with van der Waals surface area (Å²) < 4.78 is 32.7. The number of rotatable bonds is 4. The van der Waals surface area contributed by atoms with E-state index in [0.29, 0.717) is 11.3 Å². The third-order valence-electron chi connectivity index (χ3n) is 4.24. The van der Waals surface area contributed by atoms with Crippen molar-refractivity contribution in [2.75, 3.05) is 7.11 Å². The molecule has 5 nitrogen and oxygen atoms in total. The van der Waals surface area contributed by atoms with Crippen molar-refractivity contribution >= 4 is 11.9 Å². The molecule has 0 radical (unpaired) electrons. The van der Waals surface area contributed by atoms with E-state index in [1.165, 1.54) is 14.0 Å². The number of carbonyl (C=O) groups is 2. The van der Waals surface area contributed by atoms with Crippen LogP contribution in [0, 0.1) is 11.6 Å². The van der Waals surface area contributed by atoms with Crippen LogP contribution in [0.5, 0.6) is 5.75 Å². The first-order valence-electron chi connectivity index (χ1n) is 7.57. The summed E-state index contributed by atoms with van der Waals surface area (Å²) in [7, 11) is 1.53. The number of halogens is 2. The zero-order chi connectivity index (χ0) is 18.2. The molecule has 1 atom stereocenters. The Hall–Kier alpha value is -2.96. The summed E-state index contributed by atoms with van der Waals surface area (Å²) >= 11 is 0. The van der Waals surface area contributed by atoms with Crippen LogP contribution in [0.1, 0.15) is 18.1 Å². The number of nitrogens with one attached hydrogen (secondary N) is 1. The summed E-state index contributed by atoms with van der Waals surface area (Å²) in [6, 6.07) is 9.01. The van der Waals surface area contributed by atoms with Crippen LogP contribution in [-0.4, -0.2) is 23.9 Å². The average Bonchev–Trinajstić information content (AvgIpc) is 2.81. The van der Waals surface area contributed by atoms with E-state index in [1.807, 2.05) is 0 Å². The van der Waals surface area contributed by atoms with Crippen molar-refractivity contribution in [2.45, 2.75) is 19.0 Å². The second-order valence-corrected chi connectivity index (χ2v) is 5.92. The predicted octanol–water partition coefficient (Wildman–Crippen LogP) is 2.94. The second-order valence-electron chi connectivity index (χ2n) is 5.92. The first-order chi connectivity index (χ1) is 11.8. The maximum Gasteiger partial charge on any atom is 0.325 e. The van der Waals surface area contributed by atoms with E-state index in [9.17, 15) is 18.4 Å². The Morgan fingerprint density at radius 2 is 1.80 bits per heavy atom. The van der Waals surface area contributed by atoms with Gasteiger partial charge in [0.15, 0.2) is 0 Å². The monoisotopic (exact) mass is 346 g/mol. The Bertz CT molecular complexity index is 839. The summed E-state index contributed by atoms with van der Waals surface area (Å²) in [5, 5.41) is 2.46. The molecular formula is C18H16F2N2O3. The van der Waals surface area contributed by atoms with Gasteiger partial charge in [0.1, 0.15) is 22.9 Å². The molecule has 2 aromatic carbocycles. The largest absolute Gasteiger partial charge is 0.497 e. The van der Waals surface area contributed by atoms with E-state index in [2.05, 4.69) is 5.32 Å². The molecule has 0 aliphatic carbocycles. The number of hydrogen-bond acceptors (Lipinski definition) is 3. The predicted molar refractivity (Wildman–Crippen MR) is 85.8 cm³/mol. The number of urea groups is 1. The van der Waals surface area contributed by atoms with Gasteiger partial charge < -0.3 is 10.1 Å². The van der Waals surface area contributed by atoms with Gasteiger partial charge in [-0.3, -0.25) is 9.69 Å². The number of amides is 3. The van der Waals surface area contributed by atoms with Gasteiger partial charge >= 0.3 is 6.03 Å². The Kier molecular flexibility index (Phi) is 4.16. The van der Waals surface area contributed by atoms with Gasteiger partial charge in [-0.25, -0.2) is 13.6 Å². The maximum absolute atomic E-state index is 14.1. The minimum atomic E-state index is -1.66. The lowest BCUT2D eigenvalue weighted by molar-refractivity contribution is -0.131. The number of nitrogens with zero attached hydrogens (tertiary/aromatic N) is 1. The van der Waals surface area contributed by atoms with Crippen molar-refractivity contribution in [3.05, 3.63) is 65.2 Å². The molecule has 3 amide bonds. The fourth-order valence-corrected chi connectivity index (χ4v) is 2.82. The quantitative estimate of drug-likeness (QED) is 0.866. The van der Waals surface area contributed by atoms with Gasteiger partial charge in [0.05, 0.1) is 13.7 Å². The van der Waals surface area contributed by atoms with E-state index >= 15 is 0 Å². The Morgan fingerprint density at radius 1 is 1.12 bits per heavy atom. The van der Waals surface area contributed by atoms with E-state index in [1.54, 1.807) is 24.3 Å². The molecule has 1 saturated heterocycles. The lowest BCUT2D eigenvalue weighted by atomic mass is 9.91. The number of methoxy groups -OCH3 is 1. The zero-order valence-electron chi connectivity index (χ0n) is 13.7. The van der Waals surface area contributed by atoms with Gasteiger partial charge in [0.2, 0.25) is 0 Å². The highest BCUT2D eigenvalue weighted by Crippen LogP contribution is 2.32. The molecule has 0 saturated carbocycles. The standard InChI is InChI=1S/C18H16F2N2O3/c1-18(14-9-12(19)5-8-15(14)20)16(23)22(17(24)21-18)10-11-3-6-13(25-2)7-4-11/h3-9H,10H2,1-2H3,(H,21,24). The van der Waals surface area contributed by atoms with Crippen LogP contribution in [-0.2, 0) is 16.9 Å². The molecule has 25 heavy (non-hydrogen) atoms. The number of benzene rings is 2. The molecule has 0 aromatic heterocycles. The Morgan fingerprint density at radius 3 is 2.44 bits per heavy atom. The van der Waals surface area contributed by atoms with Crippen molar-refractivity contribution in [1.82, 2.24) is 10.2 Å². The molecule has 2 aromatic rings. The molecule has 3 rings (SSSR count). The summed E-state index contributed by atoms with van der Waals surface area (Å²) in [4.78, 5) is 26.0. The van der Waals surface area contributed by atoms with Gasteiger partial charge in [0.25, 0.3) is 5.91 Å². The lowest BCUT2D eigenvalue weighted by Gasteiger charge is -2.23. The van der Waals surface area contributed by atoms with Crippen LogP contribution < -0.4 is 10.1 Å². The minimum Gasteiger partial charge on any atom is -0.497 e. The van der Waals surface area contributed by atoms with Gasteiger partial charge in [-0.05, 0) is 42.8 Å². The van der Waals surface area contributed by atoms with Gasteiger partial charge in [-0.1, -0.05) is 12.1 Å². The molecule has 1 aliphatic rings. The van der Waals surface area contributed by atoms with E-state index in [0.717, 1.165) is 23.1 Å². The maximum atomic E-state index is 14.1. The van der Waals surface area contributed by atoms with Crippen LogP contribution >= 0.6 is 0 Å². The van der Waals surface area contributed by atoms with Gasteiger partial charge in [-0.2, -0.15) is 0 Å². The molecule has 1 unspecified atom stereocenters. The summed E-state index contributed by atoms with van der Waals surface area (Å²) in [5.74, 6) is -1.44. The van der Waals surface area contributed by atoms with Crippen molar-refractivity contribution in [1.29, 1.82) is 0 Å². The molecule has 1 fully saturated rings. The smallest absolute Gasteiger partial charge is 0.325 e. The van der Waals surface area contributed by atoms with Crippen LogP contribution in [0.4, 0.5) is 13.6 Å². The second kappa shape index (κ2) is 6.16. The van der Waals surface area contributed by atoms with Crippen molar-refractivity contribution in [3.8, 4) is 5.75 Å². The highest BCUT2D eigenvalue weighted by molar-refractivity contribution is 6.07. The molecule has 1 N–H and O–H groups in total. The zero-order valence-corrected chi connectivity index (χ0v) is 13.7. The normalized spacial score (nSPS) is 19.9. The fraction of sp³-hybridized carbons (Fsp3) is 0.222. The lowest BCUT2D eigenvalue weighted by Crippen LogP contribution is -2.41. The minimum absolute atomic E-state index is 0.0151. The van der Waals surface area contributed by atoms with E-state index in [-0.39, 0.29) is 12.1 Å². The van der Waals surface area contributed by atoms with E-state index in [4.69, 9.17) is 4.74 Å². The number of hydrogen-bond donors (Lipinski definition) is 1. The highest BCUT2D eigenvalue weighted by Gasteiger charge is 2.50. The summed E-state index contributed by atoms with van der Waals surface area (Å²) in [6.45, 7) is 1.38.